The topological polar surface area (TPSA) is 29.5 Å². The first-order valence-electron chi connectivity index (χ1n) is 4.71. The number of benzene rings is 1. The molecule has 1 fully saturated rings. The van der Waals surface area contributed by atoms with Crippen LogP contribution in [0.4, 0.5) is 0 Å². The van der Waals surface area contributed by atoms with E-state index in [1.54, 1.807) is 0 Å². The molecule has 0 amide bonds. The van der Waals surface area contributed by atoms with E-state index in [9.17, 15) is 0 Å². The van der Waals surface area contributed by atoms with Crippen LogP contribution in [-0.2, 0) is 11.3 Å². The molecule has 2 heteroatoms. The van der Waals surface area contributed by atoms with Gasteiger partial charge in [-0.15, -0.1) is 0 Å². The molecule has 1 N–H and O–H groups in total. The van der Waals surface area contributed by atoms with Crippen molar-refractivity contribution < 1.29 is 9.84 Å². The second-order valence-electron chi connectivity index (χ2n) is 3.40. The van der Waals surface area contributed by atoms with Gasteiger partial charge in [0, 0.05) is 6.61 Å². The van der Waals surface area contributed by atoms with Crippen LogP contribution in [-0.4, -0.2) is 11.7 Å². The zero-order valence-electron chi connectivity index (χ0n) is 7.57. The molecule has 1 aliphatic heterocycles. The quantitative estimate of drug-likeness (QED) is 0.750. The Morgan fingerprint density at radius 3 is 3.08 bits per heavy atom. The molecule has 1 aromatic rings. The fraction of sp³-hybridized carbons (Fsp3) is 0.455. The van der Waals surface area contributed by atoms with Gasteiger partial charge >= 0.3 is 0 Å². The summed E-state index contributed by atoms with van der Waals surface area (Å²) >= 11 is 0. The van der Waals surface area contributed by atoms with E-state index in [0.717, 1.165) is 25.0 Å². The van der Waals surface area contributed by atoms with Gasteiger partial charge in [-0.2, -0.15) is 0 Å². The van der Waals surface area contributed by atoms with Crippen molar-refractivity contribution in [2.75, 3.05) is 6.61 Å². The number of hydrogen-bond acceptors (Lipinski definition) is 2. The molecule has 1 heterocycles. The van der Waals surface area contributed by atoms with E-state index in [-0.39, 0.29) is 12.7 Å². The van der Waals surface area contributed by atoms with Gasteiger partial charge in [0.15, 0.2) is 0 Å². The molecule has 0 saturated carbocycles. The van der Waals surface area contributed by atoms with Gasteiger partial charge in [0.25, 0.3) is 0 Å². The minimum absolute atomic E-state index is 0.112. The molecular weight excluding hydrogens is 164 g/mol. The number of aliphatic hydroxyl groups is 1. The molecule has 0 radical (unpaired) electrons. The molecule has 1 atom stereocenters. The molecule has 2 nitrogen and oxygen atoms in total. The van der Waals surface area contributed by atoms with E-state index in [2.05, 4.69) is 6.07 Å². The van der Waals surface area contributed by atoms with Crippen LogP contribution in [0.2, 0.25) is 0 Å². The predicted octanol–water partition coefficient (Wildman–Crippen LogP) is 2.03. The fourth-order valence-electron chi connectivity index (χ4n) is 1.73. The van der Waals surface area contributed by atoms with Crippen molar-refractivity contribution in [3.63, 3.8) is 0 Å². The molecule has 0 aromatic heterocycles. The zero-order valence-corrected chi connectivity index (χ0v) is 7.57. The van der Waals surface area contributed by atoms with Crippen LogP contribution in [0.5, 0.6) is 0 Å². The second-order valence-corrected chi connectivity index (χ2v) is 3.40. The summed E-state index contributed by atoms with van der Waals surface area (Å²) in [6.45, 7) is 0.981. The summed E-state index contributed by atoms with van der Waals surface area (Å²) in [5.41, 5.74) is 2.16. The van der Waals surface area contributed by atoms with Gasteiger partial charge in [0.1, 0.15) is 0 Å². The van der Waals surface area contributed by atoms with Crippen LogP contribution in [0.15, 0.2) is 24.3 Å². The monoisotopic (exact) mass is 178 g/mol. The predicted molar refractivity (Wildman–Crippen MR) is 50.3 cm³/mol. The third kappa shape index (κ3) is 1.90. The van der Waals surface area contributed by atoms with E-state index in [1.165, 1.54) is 5.56 Å². The molecule has 13 heavy (non-hydrogen) atoms. The van der Waals surface area contributed by atoms with Crippen molar-refractivity contribution in [2.45, 2.75) is 25.6 Å². The van der Waals surface area contributed by atoms with Gasteiger partial charge in [-0.25, -0.2) is 0 Å². The molecule has 0 bridgehead atoms. The first kappa shape index (κ1) is 8.73. The second kappa shape index (κ2) is 3.90. The Morgan fingerprint density at radius 2 is 2.38 bits per heavy atom. The molecule has 0 aliphatic carbocycles. The van der Waals surface area contributed by atoms with E-state index in [4.69, 9.17) is 9.84 Å². The summed E-state index contributed by atoms with van der Waals surface area (Å²) in [6.07, 6.45) is 2.51. The molecule has 70 valence electrons. The van der Waals surface area contributed by atoms with Crippen molar-refractivity contribution in [2.24, 2.45) is 0 Å². The van der Waals surface area contributed by atoms with Crippen LogP contribution in [0, 0.1) is 0 Å². The summed E-state index contributed by atoms with van der Waals surface area (Å²) < 4.78 is 5.56. The van der Waals surface area contributed by atoms with Crippen molar-refractivity contribution in [3.05, 3.63) is 35.4 Å². The van der Waals surface area contributed by atoms with Crippen LogP contribution in [0.3, 0.4) is 0 Å². The molecule has 0 spiro atoms. The van der Waals surface area contributed by atoms with E-state index >= 15 is 0 Å². The molecule has 1 aliphatic rings. The molecular formula is C11H14O2. The maximum absolute atomic E-state index is 8.96. The number of hydrogen-bond donors (Lipinski definition) is 1. The van der Waals surface area contributed by atoms with Crippen molar-refractivity contribution in [1.29, 1.82) is 0 Å². The minimum atomic E-state index is 0.112. The number of rotatable bonds is 2. The van der Waals surface area contributed by atoms with E-state index in [1.807, 2.05) is 18.2 Å². The lowest BCUT2D eigenvalue weighted by molar-refractivity contribution is 0.112. The first-order valence-corrected chi connectivity index (χ1v) is 4.71. The first-order chi connectivity index (χ1) is 6.40. The van der Waals surface area contributed by atoms with Gasteiger partial charge in [-0.1, -0.05) is 24.3 Å². The summed E-state index contributed by atoms with van der Waals surface area (Å²) in [5.74, 6) is 0. The molecule has 1 saturated heterocycles. The van der Waals surface area contributed by atoms with Gasteiger partial charge < -0.3 is 9.84 Å². The van der Waals surface area contributed by atoms with Crippen molar-refractivity contribution >= 4 is 0 Å². The Hall–Kier alpha value is -0.860. The standard InChI is InChI=1S/C11H14O2/c12-8-9-3-1-4-10(7-9)11-5-2-6-13-11/h1,3-4,7,11-12H,2,5-6,8H2. The third-order valence-corrected chi connectivity index (χ3v) is 2.44. The summed E-state index contributed by atoms with van der Waals surface area (Å²) in [7, 11) is 0. The third-order valence-electron chi connectivity index (χ3n) is 2.44. The summed E-state index contributed by atoms with van der Waals surface area (Å²) in [4.78, 5) is 0. The zero-order chi connectivity index (χ0) is 9.10. The van der Waals surface area contributed by atoms with E-state index < -0.39 is 0 Å². The summed E-state index contributed by atoms with van der Waals surface area (Å²) in [6, 6.07) is 7.99. The SMILES string of the molecule is OCc1cccc(C2CCCO2)c1. The Balaban J connectivity index is 2.18. The van der Waals surface area contributed by atoms with Crippen LogP contribution in [0.1, 0.15) is 30.1 Å². The van der Waals surface area contributed by atoms with Crippen LogP contribution < -0.4 is 0 Å². The Labute approximate surface area is 78.2 Å². The van der Waals surface area contributed by atoms with Gasteiger partial charge in [-0.3, -0.25) is 0 Å². The minimum Gasteiger partial charge on any atom is -0.392 e. The van der Waals surface area contributed by atoms with Gasteiger partial charge in [0.05, 0.1) is 12.7 Å². The maximum atomic E-state index is 8.96. The highest BCUT2D eigenvalue weighted by molar-refractivity contribution is 5.25. The van der Waals surface area contributed by atoms with Crippen LogP contribution >= 0.6 is 0 Å². The largest absolute Gasteiger partial charge is 0.392 e. The highest BCUT2D eigenvalue weighted by atomic mass is 16.5. The molecule has 1 aromatic carbocycles. The highest BCUT2D eigenvalue weighted by Crippen LogP contribution is 2.28. The lowest BCUT2D eigenvalue weighted by atomic mass is 10.0. The average Bonchev–Trinajstić information content (AvgIpc) is 2.71. The Kier molecular flexibility index (Phi) is 2.62. The van der Waals surface area contributed by atoms with E-state index in [0.29, 0.717) is 0 Å². The van der Waals surface area contributed by atoms with Gasteiger partial charge in [0.2, 0.25) is 0 Å². The van der Waals surface area contributed by atoms with Crippen molar-refractivity contribution in [1.82, 2.24) is 0 Å². The average molecular weight is 178 g/mol. The fourth-order valence-corrected chi connectivity index (χ4v) is 1.73. The highest BCUT2D eigenvalue weighted by Gasteiger charge is 2.17. The van der Waals surface area contributed by atoms with Crippen molar-refractivity contribution in [3.8, 4) is 0 Å². The van der Waals surface area contributed by atoms with Crippen LogP contribution in [0.25, 0.3) is 0 Å². The molecule has 2 rings (SSSR count). The summed E-state index contributed by atoms with van der Waals surface area (Å²) in [5, 5.41) is 8.96. The number of aliphatic hydroxyl groups excluding tert-OH is 1. The Bertz CT molecular complexity index is 277. The van der Waals surface area contributed by atoms with Gasteiger partial charge in [-0.05, 0) is 24.0 Å². The smallest absolute Gasteiger partial charge is 0.0825 e. The Morgan fingerprint density at radius 1 is 1.46 bits per heavy atom. The lowest BCUT2D eigenvalue weighted by Crippen LogP contribution is -1.96. The maximum Gasteiger partial charge on any atom is 0.0825 e. The molecule has 1 unspecified atom stereocenters. The normalized spacial score (nSPS) is 22.1. The number of ether oxygens (including phenoxy) is 1. The lowest BCUT2D eigenvalue weighted by Gasteiger charge is -2.10.